The first-order chi connectivity index (χ1) is 21.1. The normalized spacial score (nSPS) is 16.5. The van der Waals surface area contributed by atoms with E-state index >= 15 is 0 Å². The Morgan fingerprint density at radius 1 is 0.636 bits per heavy atom. The summed E-state index contributed by atoms with van der Waals surface area (Å²) in [4.78, 5) is 36.4. The van der Waals surface area contributed by atoms with Gasteiger partial charge in [0.2, 0.25) is 11.8 Å². The van der Waals surface area contributed by atoms with Gasteiger partial charge in [0.05, 0.1) is 22.8 Å². The van der Waals surface area contributed by atoms with Crippen LogP contribution in [0.2, 0.25) is 0 Å². The molecule has 0 radical (unpaired) electrons. The molecule has 0 aliphatic carbocycles. The molecule has 4 heterocycles. The molecule has 0 spiro atoms. The molecule has 12 heteroatoms. The summed E-state index contributed by atoms with van der Waals surface area (Å²) in [5, 5.41) is 22.0. The molecule has 2 N–H and O–H groups in total. The predicted molar refractivity (Wildman–Crippen MR) is 182 cm³/mol. The molecule has 2 aliphatic rings. The van der Waals surface area contributed by atoms with E-state index in [4.69, 9.17) is 34.4 Å². The number of hydrogen-bond acceptors (Lipinski definition) is 8. The minimum atomic E-state index is -0.368. The third-order valence-electron chi connectivity index (χ3n) is 7.76. The Hall–Kier alpha value is -3.90. The van der Waals surface area contributed by atoms with E-state index in [1.807, 2.05) is 39.8 Å². The monoisotopic (exact) mass is 636 g/mol. The summed E-state index contributed by atoms with van der Waals surface area (Å²) in [7, 11) is 0. The number of nitrogens with zero attached hydrogens (tertiary/aromatic N) is 6. The molecule has 10 nitrogen and oxygen atoms in total. The number of allylic oxidation sites excluding steroid dienone is 4. The van der Waals surface area contributed by atoms with Gasteiger partial charge in [-0.15, -0.1) is 0 Å². The quantitative estimate of drug-likeness (QED) is 0.279. The summed E-state index contributed by atoms with van der Waals surface area (Å²) in [5.74, 6) is -0.362. The van der Waals surface area contributed by atoms with Gasteiger partial charge < -0.3 is 10.2 Å². The van der Waals surface area contributed by atoms with Crippen LogP contribution in [-0.4, -0.2) is 39.9 Å². The minimum absolute atomic E-state index is 0.137. The third kappa shape index (κ3) is 5.92. The third-order valence-corrected chi connectivity index (χ3v) is 8.64. The van der Waals surface area contributed by atoms with Crippen LogP contribution < -0.4 is 11.1 Å². The highest BCUT2D eigenvalue weighted by Crippen LogP contribution is 2.32. The minimum Gasteiger partial charge on any atom is -0.494 e. The first-order valence-electron chi connectivity index (χ1n) is 15.2. The van der Waals surface area contributed by atoms with Crippen molar-refractivity contribution in [3.8, 4) is 11.8 Å². The summed E-state index contributed by atoms with van der Waals surface area (Å²) in [6.45, 7) is 13.1. The van der Waals surface area contributed by atoms with Crippen LogP contribution in [0.1, 0.15) is 78.4 Å². The molecule has 0 amide bonds. The fourth-order valence-electron chi connectivity index (χ4n) is 5.47. The standard InChI is InChI=1S/C32H40N6O4S2/c1-7-13-19-15-25(33-23(19)17-21-27(39)35(9-3)31(43)36(10-4)28(21)40)26-16-20(14-8-2)24(34-26)18-22-29(41)37(11-5)32(44)38(12-6)30(22)42/h15-18,39,41H,7-14H2,1-6H3/b23-17-,24-18-. The molecule has 2 aliphatic heterocycles. The van der Waals surface area contributed by atoms with E-state index in [0.717, 1.165) is 24.0 Å². The molecule has 0 atom stereocenters. The summed E-state index contributed by atoms with van der Waals surface area (Å²) in [5.41, 5.74) is 3.79. The topological polar surface area (TPSA) is 119 Å². The van der Waals surface area contributed by atoms with E-state index in [2.05, 4.69) is 13.8 Å². The maximum atomic E-state index is 13.3. The smallest absolute Gasteiger partial charge is 0.265 e. The van der Waals surface area contributed by atoms with Crippen molar-refractivity contribution >= 4 is 48.0 Å². The van der Waals surface area contributed by atoms with Crippen molar-refractivity contribution in [3.63, 3.8) is 0 Å². The van der Waals surface area contributed by atoms with Crippen molar-refractivity contribution in [2.24, 2.45) is 9.98 Å². The zero-order valence-electron chi connectivity index (χ0n) is 26.2. The zero-order valence-corrected chi connectivity index (χ0v) is 27.8. The maximum Gasteiger partial charge on any atom is 0.265 e. The van der Waals surface area contributed by atoms with Crippen molar-refractivity contribution in [1.82, 2.24) is 18.3 Å². The Kier molecular flexibility index (Phi) is 10.4. The molecule has 0 unspecified atom stereocenters. The Balaban J connectivity index is 1.89. The lowest BCUT2D eigenvalue weighted by atomic mass is 10.0. The highest BCUT2D eigenvalue weighted by Gasteiger charge is 2.25. The lowest BCUT2D eigenvalue weighted by Gasteiger charge is -2.14. The highest BCUT2D eigenvalue weighted by atomic mass is 32.1. The first kappa shape index (κ1) is 33.0. The van der Waals surface area contributed by atoms with Gasteiger partial charge in [-0.3, -0.25) is 27.9 Å². The number of aromatic hydroxyl groups is 2. The number of aromatic nitrogens is 4. The summed E-state index contributed by atoms with van der Waals surface area (Å²) in [6.07, 6.45) is 10.3. The van der Waals surface area contributed by atoms with Crippen LogP contribution in [-0.2, 0) is 26.2 Å². The lowest BCUT2D eigenvalue weighted by molar-refractivity contribution is 0.398. The second-order valence-corrected chi connectivity index (χ2v) is 11.2. The van der Waals surface area contributed by atoms with Gasteiger partial charge in [-0.2, -0.15) is 0 Å². The molecular formula is C32H40N6O4S2. The van der Waals surface area contributed by atoms with Crippen LogP contribution in [0, 0.1) is 9.54 Å². The van der Waals surface area contributed by atoms with E-state index in [1.54, 1.807) is 12.2 Å². The van der Waals surface area contributed by atoms with Crippen LogP contribution >= 0.6 is 24.4 Å². The second kappa shape index (κ2) is 13.8. The molecule has 4 rings (SSSR count). The van der Waals surface area contributed by atoms with Gasteiger partial charge in [-0.05, 0) is 100 Å². The van der Waals surface area contributed by atoms with Gasteiger partial charge in [-0.1, -0.05) is 26.7 Å². The van der Waals surface area contributed by atoms with Gasteiger partial charge in [-0.25, -0.2) is 9.98 Å². The van der Waals surface area contributed by atoms with E-state index in [9.17, 15) is 19.8 Å². The summed E-state index contributed by atoms with van der Waals surface area (Å²) in [6, 6.07) is 0. The average Bonchev–Trinajstić information content (AvgIpc) is 3.58. The van der Waals surface area contributed by atoms with Gasteiger partial charge in [0.25, 0.3) is 11.1 Å². The molecule has 2 aromatic rings. The SMILES string of the molecule is CCCC1=CC(C2=N/C(=C\c3c(O)n(CC)c(=S)n(CC)c3=O)C(CCC)=C2)=N/C1=C\c1c(O)n(CC)c(=S)n(CC)c1=O. The van der Waals surface area contributed by atoms with E-state index < -0.39 is 0 Å². The Morgan fingerprint density at radius 3 is 1.27 bits per heavy atom. The fourth-order valence-corrected chi connectivity index (χ4v) is 6.33. The Labute approximate surface area is 267 Å². The highest BCUT2D eigenvalue weighted by molar-refractivity contribution is 7.71. The van der Waals surface area contributed by atoms with Gasteiger partial charge in [0, 0.05) is 26.2 Å². The molecule has 0 saturated heterocycles. The average molecular weight is 637 g/mol. The van der Waals surface area contributed by atoms with Crippen molar-refractivity contribution < 1.29 is 10.2 Å². The first-order valence-corrected chi connectivity index (χ1v) is 16.0. The van der Waals surface area contributed by atoms with Crippen molar-refractivity contribution in [2.45, 2.75) is 93.4 Å². The fraction of sp³-hybridized carbons (Fsp3) is 0.438. The molecule has 44 heavy (non-hydrogen) atoms. The Bertz CT molecular complexity index is 1790. The summed E-state index contributed by atoms with van der Waals surface area (Å²) >= 11 is 10.9. The predicted octanol–water partition coefficient (Wildman–Crippen LogP) is 6.31. The van der Waals surface area contributed by atoms with Crippen molar-refractivity contribution in [3.05, 3.63) is 76.1 Å². The lowest BCUT2D eigenvalue weighted by Crippen LogP contribution is -2.26. The van der Waals surface area contributed by atoms with Gasteiger partial charge in [0.1, 0.15) is 11.1 Å². The Morgan fingerprint density at radius 2 is 0.977 bits per heavy atom. The van der Waals surface area contributed by atoms with Crippen LogP contribution in [0.5, 0.6) is 11.8 Å². The second-order valence-electron chi connectivity index (χ2n) is 10.5. The molecule has 0 bridgehead atoms. The summed E-state index contributed by atoms with van der Waals surface area (Å²) < 4.78 is 6.56. The van der Waals surface area contributed by atoms with Gasteiger partial charge in [0.15, 0.2) is 9.54 Å². The maximum absolute atomic E-state index is 13.3. The number of rotatable bonds is 11. The molecule has 0 aromatic carbocycles. The van der Waals surface area contributed by atoms with E-state index in [0.29, 0.717) is 61.8 Å². The van der Waals surface area contributed by atoms with E-state index in [1.165, 1.54) is 18.3 Å². The van der Waals surface area contributed by atoms with Crippen LogP contribution in [0.4, 0.5) is 0 Å². The van der Waals surface area contributed by atoms with Crippen LogP contribution in [0.25, 0.3) is 12.2 Å². The molecule has 0 fully saturated rings. The molecular weight excluding hydrogens is 597 g/mol. The van der Waals surface area contributed by atoms with Crippen LogP contribution in [0.15, 0.2) is 54.3 Å². The number of aliphatic imine (C=N–C) groups is 2. The zero-order chi connectivity index (χ0) is 32.3. The van der Waals surface area contributed by atoms with Crippen molar-refractivity contribution in [1.29, 1.82) is 0 Å². The molecule has 2 aromatic heterocycles. The number of hydrogen-bond donors (Lipinski definition) is 2. The largest absolute Gasteiger partial charge is 0.494 e. The molecule has 234 valence electrons. The molecule has 0 saturated carbocycles. The van der Waals surface area contributed by atoms with Crippen LogP contribution in [0.3, 0.4) is 0 Å². The van der Waals surface area contributed by atoms with E-state index in [-0.39, 0.29) is 43.5 Å². The van der Waals surface area contributed by atoms with Crippen molar-refractivity contribution in [2.75, 3.05) is 0 Å². The van der Waals surface area contributed by atoms with Gasteiger partial charge >= 0.3 is 0 Å².